The molecule has 0 saturated heterocycles. The Morgan fingerprint density at radius 1 is 1.52 bits per heavy atom. The molecule has 2 heterocycles. The van der Waals surface area contributed by atoms with Crippen LogP contribution < -0.4 is 5.32 Å². The van der Waals surface area contributed by atoms with Gasteiger partial charge in [0.2, 0.25) is 0 Å². The molecule has 0 spiro atoms. The summed E-state index contributed by atoms with van der Waals surface area (Å²) in [6, 6.07) is 5.18. The van der Waals surface area contributed by atoms with Gasteiger partial charge < -0.3 is 10.4 Å². The zero-order valence-electron chi connectivity index (χ0n) is 11.4. The smallest absolute Gasteiger partial charge is 0.161 e. The van der Waals surface area contributed by atoms with E-state index in [1.165, 1.54) is 0 Å². The number of nitriles is 1. The van der Waals surface area contributed by atoms with Crippen LogP contribution in [0.25, 0.3) is 0 Å². The molecule has 1 saturated carbocycles. The first-order valence-corrected chi connectivity index (χ1v) is 6.98. The predicted molar refractivity (Wildman–Crippen MR) is 78.0 cm³/mol. The number of aryl methyl sites for hydroxylation is 1. The lowest BCUT2D eigenvalue weighted by Gasteiger charge is -2.42. The largest absolute Gasteiger partial charge is 0.391 e. The number of rotatable bonds is 3. The zero-order valence-corrected chi connectivity index (χ0v) is 12.1. The highest BCUT2D eigenvalue weighted by Gasteiger charge is 2.42. The van der Waals surface area contributed by atoms with Crippen LogP contribution in [0.15, 0.2) is 24.5 Å². The summed E-state index contributed by atoms with van der Waals surface area (Å²) in [7, 11) is 0. The number of aliphatic hydroxyl groups excluding tert-OH is 1. The van der Waals surface area contributed by atoms with Crippen LogP contribution in [0, 0.1) is 18.3 Å². The van der Waals surface area contributed by atoms with Gasteiger partial charge in [0.25, 0.3) is 0 Å². The van der Waals surface area contributed by atoms with E-state index in [-0.39, 0.29) is 17.8 Å². The lowest BCUT2D eigenvalue weighted by atomic mass is 9.83. The van der Waals surface area contributed by atoms with Crippen molar-refractivity contribution < 1.29 is 5.11 Å². The average molecular weight is 304 g/mol. The van der Waals surface area contributed by atoms with Gasteiger partial charge in [0.1, 0.15) is 11.9 Å². The molecule has 0 radical (unpaired) electrons. The Morgan fingerprint density at radius 3 is 2.95 bits per heavy atom. The summed E-state index contributed by atoms with van der Waals surface area (Å²) in [5.41, 5.74) is 1.23. The molecular weight excluding hydrogens is 290 g/mol. The number of halogens is 1. The molecule has 1 aliphatic rings. The molecule has 6 nitrogen and oxygen atoms in total. The fraction of sp³-hybridized carbons (Fsp3) is 0.357. The van der Waals surface area contributed by atoms with Crippen LogP contribution in [-0.4, -0.2) is 32.0 Å². The molecule has 2 aromatic heterocycles. The number of nitrogens with zero attached hydrogens (tertiary/aromatic N) is 4. The molecular formula is C14H14ClN5O. The Morgan fingerprint density at radius 2 is 2.33 bits per heavy atom. The van der Waals surface area contributed by atoms with Crippen molar-refractivity contribution in [2.24, 2.45) is 0 Å². The quantitative estimate of drug-likeness (QED) is 0.904. The van der Waals surface area contributed by atoms with Gasteiger partial charge in [-0.1, -0.05) is 11.6 Å². The van der Waals surface area contributed by atoms with Gasteiger partial charge in [0.05, 0.1) is 29.4 Å². The lowest BCUT2D eigenvalue weighted by molar-refractivity contribution is 0.0133. The van der Waals surface area contributed by atoms with Crippen LogP contribution >= 0.6 is 11.6 Å². The summed E-state index contributed by atoms with van der Waals surface area (Å²) in [6.07, 6.45) is 3.83. The normalized spacial score (nSPS) is 24.2. The molecule has 1 aliphatic carbocycles. The second-order valence-electron chi connectivity index (χ2n) is 5.18. The van der Waals surface area contributed by atoms with Crippen molar-refractivity contribution in [1.29, 1.82) is 5.26 Å². The zero-order chi connectivity index (χ0) is 15.0. The van der Waals surface area contributed by atoms with Crippen molar-refractivity contribution in [3.8, 4) is 6.07 Å². The maximum atomic E-state index is 9.97. The van der Waals surface area contributed by atoms with Gasteiger partial charge in [-0.2, -0.15) is 10.4 Å². The van der Waals surface area contributed by atoms with Gasteiger partial charge in [0, 0.05) is 6.20 Å². The van der Waals surface area contributed by atoms with Crippen molar-refractivity contribution >= 4 is 17.4 Å². The molecule has 0 bridgehead atoms. The van der Waals surface area contributed by atoms with Crippen LogP contribution in [0.3, 0.4) is 0 Å². The molecule has 7 heteroatoms. The summed E-state index contributed by atoms with van der Waals surface area (Å²) in [4.78, 5) is 4.16. The Kier molecular flexibility index (Phi) is 3.53. The number of hydrogen-bond acceptors (Lipinski definition) is 5. The highest BCUT2D eigenvalue weighted by Crippen LogP contribution is 2.34. The predicted octanol–water partition coefficient (Wildman–Crippen LogP) is 1.90. The first-order chi connectivity index (χ1) is 10.1. The average Bonchev–Trinajstić information content (AvgIpc) is 2.85. The topological polar surface area (TPSA) is 86.8 Å². The van der Waals surface area contributed by atoms with E-state index in [1.54, 1.807) is 23.0 Å². The van der Waals surface area contributed by atoms with Crippen molar-refractivity contribution in [3.63, 3.8) is 0 Å². The van der Waals surface area contributed by atoms with Gasteiger partial charge in [-0.15, -0.1) is 0 Å². The van der Waals surface area contributed by atoms with E-state index in [2.05, 4.69) is 15.4 Å². The molecule has 0 aliphatic heterocycles. The van der Waals surface area contributed by atoms with E-state index in [9.17, 15) is 5.11 Å². The third-order valence-electron chi connectivity index (χ3n) is 3.62. The minimum absolute atomic E-state index is 0.0134. The maximum Gasteiger partial charge on any atom is 0.161 e. The van der Waals surface area contributed by atoms with Crippen molar-refractivity contribution in [3.05, 3.63) is 40.8 Å². The van der Waals surface area contributed by atoms with Gasteiger partial charge in [-0.3, -0.25) is 4.68 Å². The van der Waals surface area contributed by atoms with E-state index in [0.717, 1.165) is 5.56 Å². The fourth-order valence-electron chi connectivity index (χ4n) is 2.50. The van der Waals surface area contributed by atoms with Crippen LogP contribution in [0.1, 0.15) is 23.7 Å². The fourth-order valence-corrected chi connectivity index (χ4v) is 2.65. The lowest BCUT2D eigenvalue weighted by Crippen LogP contribution is -2.51. The number of aromatic nitrogens is 3. The first-order valence-electron chi connectivity index (χ1n) is 6.60. The monoisotopic (exact) mass is 303 g/mol. The van der Waals surface area contributed by atoms with Gasteiger partial charge in [-0.05, 0) is 31.0 Å². The Bertz CT molecular complexity index is 708. The van der Waals surface area contributed by atoms with Gasteiger partial charge in [0.15, 0.2) is 5.69 Å². The Labute approximate surface area is 127 Å². The number of aliphatic hydroxyl groups is 1. The summed E-state index contributed by atoms with van der Waals surface area (Å²) in [5, 5.41) is 26.7. The Hall–Kier alpha value is -2.10. The molecule has 0 unspecified atom stereocenters. The molecule has 2 N–H and O–H groups in total. The minimum atomic E-state index is -0.440. The van der Waals surface area contributed by atoms with E-state index in [0.29, 0.717) is 17.3 Å². The van der Waals surface area contributed by atoms with E-state index < -0.39 is 6.10 Å². The van der Waals surface area contributed by atoms with E-state index in [4.69, 9.17) is 16.9 Å². The van der Waals surface area contributed by atoms with Gasteiger partial charge >= 0.3 is 0 Å². The van der Waals surface area contributed by atoms with Gasteiger partial charge in [-0.25, -0.2) is 4.98 Å². The molecule has 1 fully saturated rings. The number of pyridine rings is 1. The number of nitrogens with one attached hydrogen (secondary N) is 1. The van der Waals surface area contributed by atoms with Crippen molar-refractivity contribution in [1.82, 2.24) is 14.8 Å². The standard InChI is InChI=1S/C14H14ClN5O/c1-8-6-17-20(7-8)14-10(4-12(14)21)18-13-3-2-9(15)11(5-16)19-13/h2-3,6-7,10,12,14,21H,4H2,1H3,(H,18,19)/t10-,12+,14+/m0/s1. The Balaban J connectivity index is 1.78. The number of anilines is 1. The molecule has 3 atom stereocenters. The van der Waals surface area contributed by atoms with Crippen LogP contribution in [-0.2, 0) is 0 Å². The van der Waals surface area contributed by atoms with Crippen LogP contribution in [0.5, 0.6) is 0 Å². The second-order valence-corrected chi connectivity index (χ2v) is 5.59. The van der Waals surface area contributed by atoms with Crippen LogP contribution in [0.2, 0.25) is 5.02 Å². The summed E-state index contributed by atoms with van der Waals surface area (Å²) >= 11 is 5.86. The summed E-state index contributed by atoms with van der Waals surface area (Å²) in [5.74, 6) is 0.571. The van der Waals surface area contributed by atoms with E-state index >= 15 is 0 Å². The minimum Gasteiger partial charge on any atom is -0.391 e. The second kappa shape index (κ2) is 5.35. The first kappa shape index (κ1) is 13.9. The SMILES string of the molecule is Cc1cnn([C@H]2[C@H](O)C[C@@H]2Nc2ccc(Cl)c(C#N)n2)c1. The highest BCUT2D eigenvalue weighted by atomic mass is 35.5. The molecule has 0 aromatic carbocycles. The number of hydrogen-bond donors (Lipinski definition) is 2. The molecule has 2 aromatic rings. The molecule has 3 rings (SSSR count). The van der Waals surface area contributed by atoms with Crippen LogP contribution in [0.4, 0.5) is 5.82 Å². The third kappa shape index (κ3) is 2.58. The molecule has 21 heavy (non-hydrogen) atoms. The molecule has 108 valence electrons. The van der Waals surface area contributed by atoms with Crippen molar-refractivity contribution in [2.45, 2.75) is 31.5 Å². The summed E-state index contributed by atoms with van der Waals surface area (Å²) in [6.45, 7) is 1.96. The summed E-state index contributed by atoms with van der Waals surface area (Å²) < 4.78 is 1.77. The molecule has 0 amide bonds. The van der Waals surface area contributed by atoms with E-state index in [1.807, 2.05) is 19.2 Å². The maximum absolute atomic E-state index is 9.97. The van der Waals surface area contributed by atoms with Crippen molar-refractivity contribution in [2.75, 3.05) is 5.32 Å². The highest BCUT2D eigenvalue weighted by molar-refractivity contribution is 6.31. The third-order valence-corrected chi connectivity index (χ3v) is 3.93.